The maximum absolute atomic E-state index is 15.0. The van der Waals surface area contributed by atoms with Gasteiger partial charge in [0.05, 0.1) is 42.9 Å². The second kappa shape index (κ2) is 16.3. The minimum absolute atomic E-state index is 0.0642. The summed E-state index contributed by atoms with van der Waals surface area (Å²) < 4.78 is 40.3. The predicted molar refractivity (Wildman–Crippen MR) is 203 cm³/mol. The normalized spacial score (nSPS) is 21.6. The minimum atomic E-state index is -3.74. The number of sulfonamides is 1. The number of hydrogen-bond donors (Lipinski definition) is 0. The summed E-state index contributed by atoms with van der Waals surface area (Å²) in [6.07, 6.45) is 1.64. The molecule has 7 rings (SSSR count). The first-order valence-electron chi connectivity index (χ1n) is 18.2. The fraction of sp³-hybridized carbons (Fsp3) is 0.447. The van der Waals surface area contributed by atoms with Crippen molar-refractivity contribution in [2.45, 2.75) is 36.7 Å². The molecule has 3 fully saturated rings. The van der Waals surface area contributed by atoms with Crippen LogP contribution in [0.1, 0.15) is 48.5 Å². The Morgan fingerprint density at radius 3 is 2.06 bits per heavy atom. The third kappa shape index (κ3) is 8.06. The van der Waals surface area contributed by atoms with E-state index in [0.29, 0.717) is 92.8 Å². The molecule has 3 aromatic carbocycles. The van der Waals surface area contributed by atoms with Crippen LogP contribution in [0.3, 0.4) is 0 Å². The van der Waals surface area contributed by atoms with E-state index >= 15 is 0 Å². The average molecular weight is 784 g/mol. The Labute approximate surface area is 320 Å². The quantitative estimate of drug-likeness (QED) is 0.289. The molecule has 12 nitrogen and oxygen atoms in total. The summed E-state index contributed by atoms with van der Waals surface area (Å²) in [5.74, 6) is 0.755. The van der Waals surface area contributed by atoms with Gasteiger partial charge >= 0.3 is 6.03 Å². The smallest absolute Gasteiger partial charge is 0.326 e. The highest BCUT2D eigenvalue weighted by atomic mass is 35.5. The Balaban J connectivity index is 1.25. The molecule has 0 aromatic heterocycles. The van der Waals surface area contributed by atoms with Gasteiger partial charge < -0.3 is 19.3 Å². The number of ether oxygens (including phenoxy) is 2. The Bertz CT molecular complexity index is 1930. The third-order valence-corrected chi connectivity index (χ3v) is 12.7. The number of carbonyl (C=O) groups is 2. The van der Waals surface area contributed by atoms with Gasteiger partial charge in [-0.2, -0.15) is 4.31 Å². The molecule has 4 aliphatic rings. The van der Waals surface area contributed by atoms with E-state index in [0.717, 1.165) is 24.0 Å². The summed E-state index contributed by atoms with van der Waals surface area (Å²) in [4.78, 5) is 40.8. The fourth-order valence-corrected chi connectivity index (χ4v) is 9.19. The first kappa shape index (κ1) is 37.6. The number of halogens is 2. The lowest BCUT2D eigenvalue weighted by Gasteiger charge is -2.39. The summed E-state index contributed by atoms with van der Waals surface area (Å²) in [7, 11) is -3.74. The Hall–Kier alpha value is -3.72. The van der Waals surface area contributed by atoms with Crippen LogP contribution in [0.4, 0.5) is 4.79 Å². The van der Waals surface area contributed by atoms with Crippen molar-refractivity contribution in [2.75, 3.05) is 78.7 Å². The maximum Gasteiger partial charge on any atom is 0.326 e. The van der Waals surface area contributed by atoms with Gasteiger partial charge in [0, 0.05) is 68.5 Å². The van der Waals surface area contributed by atoms with Gasteiger partial charge in [-0.1, -0.05) is 47.5 Å². The van der Waals surface area contributed by atoms with Gasteiger partial charge in [-0.3, -0.25) is 19.6 Å². The van der Waals surface area contributed by atoms with E-state index < -0.39 is 22.1 Å². The largest absolute Gasteiger partial charge is 0.493 e. The number of benzene rings is 3. The molecule has 282 valence electrons. The SMILES string of the molecule is CCOc1cc(S(=O)(=O)N2CCCC2)ccc1C1=N[C@@H](c2ccc(Cl)cc2)[C@@H](c2ccc(Cl)cc2)N1C(=O)N1CCN(CC(=O)N2CCOCC2)CC1. The highest BCUT2D eigenvalue weighted by Gasteiger charge is 2.45. The van der Waals surface area contributed by atoms with Crippen molar-refractivity contribution in [3.63, 3.8) is 0 Å². The van der Waals surface area contributed by atoms with Gasteiger partial charge in [0.2, 0.25) is 15.9 Å². The van der Waals surface area contributed by atoms with E-state index in [4.69, 9.17) is 37.7 Å². The predicted octanol–water partition coefficient (Wildman–Crippen LogP) is 5.32. The fourth-order valence-electron chi connectivity index (χ4n) is 7.41. The minimum Gasteiger partial charge on any atom is -0.493 e. The number of amidine groups is 1. The summed E-state index contributed by atoms with van der Waals surface area (Å²) >= 11 is 12.7. The van der Waals surface area contributed by atoms with Gasteiger partial charge in [0.1, 0.15) is 17.6 Å². The molecule has 0 saturated carbocycles. The van der Waals surface area contributed by atoms with Crippen LogP contribution in [0.2, 0.25) is 10.0 Å². The topological polar surface area (TPSA) is 115 Å². The summed E-state index contributed by atoms with van der Waals surface area (Å²) in [5, 5.41) is 1.13. The number of nitrogens with zero attached hydrogens (tertiary/aromatic N) is 6. The molecule has 53 heavy (non-hydrogen) atoms. The molecule has 0 radical (unpaired) electrons. The molecule has 0 unspecified atom stereocenters. The molecular formula is C38H44Cl2N6O6S. The standard InChI is InChI=1S/C38H44Cl2N6O6S/c1-2-52-33-25-31(53(49,50)45-15-3-4-16-45)13-14-32(33)37-41-35(27-5-9-29(39)10-6-27)36(28-7-11-30(40)12-8-28)46(37)38(48)44-19-17-42(18-20-44)26-34(47)43-21-23-51-24-22-43/h5-14,25,35-36H,2-4,15-24,26H2,1H3/t35-,36+/m0/s1. The van der Waals surface area contributed by atoms with Gasteiger partial charge in [-0.05, 0) is 67.3 Å². The lowest BCUT2D eigenvalue weighted by atomic mass is 9.93. The molecule has 3 saturated heterocycles. The second-order valence-electron chi connectivity index (χ2n) is 13.6. The molecule has 0 N–H and O–H groups in total. The van der Waals surface area contributed by atoms with Crippen molar-refractivity contribution in [2.24, 2.45) is 4.99 Å². The Morgan fingerprint density at radius 1 is 0.811 bits per heavy atom. The van der Waals surface area contributed by atoms with E-state index in [1.54, 1.807) is 52.3 Å². The van der Waals surface area contributed by atoms with Crippen LogP contribution >= 0.6 is 23.2 Å². The van der Waals surface area contributed by atoms with Crippen LogP contribution in [-0.4, -0.2) is 129 Å². The van der Waals surface area contributed by atoms with Crippen LogP contribution in [0.25, 0.3) is 0 Å². The van der Waals surface area contributed by atoms with Crippen molar-refractivity contribution in [1.29, 1.82) is 0 Å². The Morgan fingerprint density at radius 2 is 1.43 bits per heavy atom. The molecule has 3 amide bonds. The zero-order chi connectivity index (χ0) is 37.1. The molecule has 4 aliphatic heterocycles. The first-order chi connectivity index (χ1) is 25.6. The highest BCUT2D eigenvalue weighted by molar-refractivity contribution is 7.89. The van der Waals surface area contributed by atoms with E-state index in [1.165, 1.54) is 4.31 Å². The summed E-state index contributed by atoms with van der Waals surface area (Å²) in [6, 6.07) is 18.3. The number of carbonyl (C=O) groups excluding carboxylic acids is 2. The second-order valence-corrected chi connectivity index (χ2v) is 16.4. The van der Waals surface area contributed by atoms with Gasteiger partial charge in [-0.25, -0.2) is 13.2 Å². The molecular weight excluding hydrogens is 739 g/mol. The molecule has 4 heterocycles. The molecule has 2 atom stereocenters. The number of urea groups is 1. The number of hydrogen-bond acceptors (Lipinski definition) is 8. The molecule has 0 bridgehead atoms. The molecule has 15 heteroatoms. The summed E-state index contributed by atoms with van der Waals surface area (Å²) in [5.41, 5.74) is 2.17. The highest BCUT2D eigenvalue weighted by Crippen LogP contribution is 2.46. The van der Waals surface area contributed by atoms with Crippen molar-refractivity contribution in [3.05, 3.63) is 93.5 Å². The van der Waals surface area contributed by atoms with E-state index in [1.807, 2.05) is 36.1 Å². The van der Waals surface area contributed by atoms with E-state index in [-0.39, 0.29) is 30.0 Å². The zero-order valence-electron chi connectivity index (χ0n) is 29.7. The molecule has 0 aliphatic carbocycles. The first-order valence-corrected chi connectivity index (χ1v) is 20.4. The van der Waals surface area contributed by atoms with Crippen molar-refractivity contribution in [1.82, 2.24) is 23.9 Å². The van der Waals surface area contributed by atoms with Crippen molar-refractivity contribution in [3.8, 4) is 5.75 Å². The summed E-state index contributed by atoms with van der Waals surface area (Å²) in [6.45, 7) is 7.48. The lowest BCUT2D eigenvalue weighted by Crippen LogP contribution is -2.56. The van der Waals surface area contributed by atoms with Gasteiger partial charge in [-0.15, -0.1) is 0 Å². The molecule has 3 aromatic rings. The van der Waals surface area contributed by atoms with E-state index in [9.17, 15) is 18.0 Å². The monoisotopic (exact) mass is 782 g/mol. The Kier molecular flexibility index (Phi) is 11.6. The number of amides is 3. The average Bonchev–Trinajstić information content (AvgIpc) is 3.86. The zero-order valence-corrected chi connectivity index (χ0v) is 32.0. The van der Waals surface area contributed by atoms with Crippen LogP contribution in [0, 0.1) is 0 Å². The van der Waals surface area contributed by atoms with Crippen LogP contribution in [0.5, 0.6) is 5.75 Å². The van der Waals surface area contributed by atoms with Crippen LogP contribution < -0.4 is 4.74 Å². The molecule has 0 spiro atoms. The van der Waals surface area contributed by atoms with Crippen molar-refractivity contribution >= 4 is 51.0 Å². The third-order valence-electron chi connectivity index (χ3n) is 10.3. The van der Waals surface area contributed by atoms with E-state index in [2.05, 4.69) is 4.90 Å². The maximum atomic E-state index is 15.0. The van der Waals surface area contributed by atoms with Crippen LogP contribution in [0.15, 0.2) is 76.6 Å². The number of aliphatic imine (C=N–C) groups is 1. The van der Waals surface area contributed by atoms with Crippen molar-refractivity contribution < 1.29 is 27.5 Å². The van der Waals surface area contributed by atoms with Crippen LogP contribution in [-0.2, 0) is 19.6 Å². The number of piperazine rings is 1. The van der Waals surface area contributed by atoms with Gasteiger partial charge in [0.25, 0.3) is 0 Å². The lowest BCUT2D eigenvalue weighted by molar-refractivity contribution is -0.136. The van der Waals surface area contributed by atoms with Gasteiger partial charge in [0.15, 0.2) is 0 Å². The number of morpholine rings is 1. The number of rotatable bonds is 9.